The summed E-state index contributed by atoms with van der Waals surface area (Å²) in [7, 11) is 2.94. The summed E-state index contributed by atoms with van der Waals surface area (Å²) in [6.45, 7) is -0.0720. The molecule has 29 heavy (non-hydrogen) atoms. The first-order chi connectivity index (χ1) is 13.9. The molecule has 9 heteroatoms. The SMILES string of the molecule is COc1ccc(OC)c(NC(=O)c2c[nH]c(=O)n(Cc3ccccc3Cl)c2=O)c1. The molecule has 2 aromatic carbocycles. The molecule has 0 bridgehead atoms. The molecular formula is C20H18ClN3O5. The topological polar surface area (TPSA) is 102 Å². The van der Waals surface area contributed by atoms with Gasteiger partial charge in [0.1, 0.15) is 17.1 Å². The van der Waals surface area contributed by atoms with E-state index < -0.39 is 17.2 Å². The van der Waals surface area contributed by atoms with E-state index in [-0.39, 0.29) is 12.1 Å². The molecule has 0 fully saturated rings. The fraction of sp³-hybridized carbons (Fsp3) is 0.150. The third-order valence-corrected chi connectivity index (χ3v) is 4.62. The average Bonchev–Trinajstić information content (AvgIpc) is 2.72. The standard InChI is InChI=1S/C20H18ClN3O5/c1-28-13-7-8-17(29-2)16(9-13)23-18(25)14-10-22-20(27)24(19(14)26)11-12-5-3-4-6-15(12)21/h3-10H,11H2,1-2H3,(H,22,27)(H,23,25). The molecule has 8 nitrogen and oxygen atoms in total. The number of nitrogens with zero attached hydrogens (tertiary/aromatic N) is 1. The third-order valence-electron chi connectivity index (χ3n) is 4.25. The Balaban J connectivity index is 1.96. The number of amides is 1. The van der Waals surface area contributed by atoms with Gasteiger partial charge in [-0.25, -0.2) is 4.79 Å². The molecule has 3 aromatic rings. The van der Waals surface area contributed by atoms with Crippen molar-refractivity contribution in [2.75, 3.05) is 19.5 Å². The summed E-state index contributed by atoms with van der Waals surface area (Å²) in [4.78, 5) is 40.1. The Morgan fingerprint density at radius 2 is 1.90 bits per heavy atom. The quantitative estimate of drug-likeness (QED) is 0.644. The largest absolute Gasteiger partial charge is 0.497 e. The lowest BCUT2D eigenvalue weighted by atomic mass is 10.2. The van der Waals surface area contributed by atoms with Crippen LogP contribution in [0, 0.1) is 0 Å². The monoisotopic (exact) mass is 415 g/mol. The summed E-state index contributed by atoms with van der Waals surface area (Å²) in [5.74, 6) is 0.185. The van der Waals surface area contributed by atoms with Crippen LogP contribution in [0.15, 0.2) is 58.3 Å². The van der Waals surface area contributed by atoms with Gasteiger partial charge in [0.15, 0.2) is 0 Å². The van der Waals surface area contributed by atoms with Gasteiger partial charge in [-0.05, 0) is 23.8 Å². The van der Waals surface area contributed by atoms with Crippen molar-refractivity contribution in [2.45, 2.75) is 6.54 Å². The third kappa shape index (κ3) is 4.33. The molecule has 0 aliphatic carbocycles. The lowest BCUT2D eigenvalue weighted by molar-refractivity contribution is 0.102. The van der Waals surface area contributed by atoms with E-state index in [1.807, 2.05) is 0 Å². The van der Waals surface area contributed by atoms with E-state index in [1.165, 1.54) is 14.2 Å². The van der Waals surface area contributed by atoms with Crippen LogP contribution in [0.2, 0.25) is 5.02 Å². The maximum atomic E-state index is 12.8. The molecule has 2 N–H and O–H groups in total. The lowest BCUT2D eigenvalue weighted by Crippen LogP contribution is -2.39. The predicted octanol–water partition coefficient (Wildman–Crippen LogP) is 2.51. The number of hydrogen-bond donors (Lipinski definition) is 2. The summed E-state index contributed by atoms with van der Waals surface area (Å²) in [5.41, 5.74) is -0.728. The second kappa shape index (κ2) is 8.66. The minimum Gasteiger partial charge on any atom is -0.497 e. The molecule has 1 amide bonds. The van der Waals surface area contributed by atoms with Crippen LogP contribution in [-0.2, 0) is 6.54 Å². The molecule has 1 heterocycles. The summed E-state index contributed by atoms with van der Waals surface area (Å²) in [5, 5.41) is 3.02. The molecule has 3 rings (SSSR count). The fourth-order valence-corrected chi connectivity index (χ4v) is 2.91. The summed E-state index contributed by atoms with van der Waals surface area (Å²) >= 11 is 6.12. The zero-order chi connectivity index (χ0) is 21.0. The number of aromatic nitrogens is 2. The van der Waals surface area contributed by atoms with E-state index in [0.29, 0.717) is 27.8 Å². The van der Waals surface area contributed by atoms with Crippen LogP contribution < -0.4 is 26.0 Å². The molecule has 0 atom stereocenters. The number of rotatable bonds is 6. The maximum Gasteiger partial charge on any atom is 0.328 e. The van der Waals surface area contributed by atoms with Crippen molar-refractivity contribution < 1.29 is 14.3 Å². The van der Waals surface area contributed by atoms with Gasteiger partial charge in [0.05, 0.1) is 26.5 Å². The first kappa shape index (κ1) is 20.2. The van der Waals surface area contributed by atoms with Crippen LogP contribution in [-0.4, -0.2) is 29.7 Å². The van der Waals surface area contributed by atoms with Gasteiger partial charge >= 0.3 is 5.69 Å². The van der Waals surface area contributed by atoms with Crippen molar-refractivity contribution in [1.29, 1.82) is 0 Å². The lowest BCUT2D eigenvalue weighted by Gasteiger charge is -2.12. The van der Waals surface area contributed by atoms with E-state index in [2.05, 4.69) is 10.3 Å². The summed E-state index contributed by atoms with van der Waals surface area (Å²) in [6, 6.07) is 11.7. The highest BCUT2D eigenvalue weighted by Gasteiger charge is 2.17. The Bertz CT molecular complexity index is 1170. The van der Waals surface area contributed by atoms with Gasteiger partial charge in [0, 0.05) is 17.3 Å². The second-order valence-electron chi connectivity index (χ2n) is 6.01. The Hall–Kier alpha value is -3.52. The van der Waals surface area contributed by atoms with Gasteiger partial charge in [-0.15, -0.1) is 0 Å². The number of benzene rings is 2. The zero-order valence-corrected chi connectivity index (χ0v) is 16.4. The minimum atomic E-state index is -0.743. The fourth-order valence-electron chi connectivity index (χ4n) is 2.72. The Labute approximate surface area is 170 Å². The number of aromatic amines is 1. The van der Waals surface area contributed by atoms with Crippen LogP contribution in [0.5, 0.6) is 11.5 Å². The smallest absolute Gasteiger partial charge is 0.328 e. The highest BCUT2D eigenvalue weighted by atomic mass is 35.5. The molecule has 0 saturated carbocycles. The van der Waals surface area contributed by atoms with Gasteiger partial charge in [-0.1, -0.05) is 29.8 Å². The van der Waals surface area contributed by atoms with Gasteiger partial charge in [-0.2, -0.15) is 0 Å². The highest BCUT2D eigenvalue weighted by Crippen LogP contribution is 2.29. The van der Waals surface area contributed by atoms with Crippen LogP contribution >= 0.6 is 11.6 Å². The maximum absolute atomic E-state index is 12.8. The summed E-state index contributed by atoms with van der Waals surface area (Å²) < 4.78 is 11.3. The average molecular weight is 416 g/mol. The molecular weight excluding hydrogens is 398 g/mol. The number of methoxy groups -OCH3 is 2. The van der Waals surface area contributed by atoms with Crippen LogP contribution in [0.3, 0.4) is 0 Å². The zero-order valence-electron chi connectivity index (χ0n) is 15.7. The van der Waals surface area contributed by atoms with Crippen molar-refractivity contribution in [3.8, 4) is 11.5 Å². The van der Waals surface area contributed by atoms with E-state index in [1.54, 1.807) is 42.5 Å². The number of carbonyl (C=O) groups is 1. The van der Waals surface area contributed by atoms with Gasteiger partial charge in [0.2, 0.25) is 0 Å². The van der Waals surface area contributed by atoms with Gasteiger partial charge in [-0.3, -0.25) is 14.2 Å². The molecule has 0 aliphatic heterocycles. The molecule has 150 valence electrons. The van der Waals surface area contributed by atoms with Crippen LogP contribution in [0.4, 0.5) is 5.69 Å². The first-order valence-corrected chi connectivity index (χ1v) is 8.91. The normalized spacial score (nSPS) is 10.4. The molecule has 0 unspecified atom stereocenters. The van der Waals surface area contributed by atoms with Gasteiger partial charge < -0.3 is 19.8 Å². The number of anilines is 1. The summed E-state index contributed by atoms with van der Waals surface area (Å²) in [6.07, 6.45) is 1.08. The number of H-pyrrole nitrogens is 1. The van der Waals surface area contributed by atoms with Gasteiger partial charge in [0.25, 0.3) is 11.5 Å². The van der Waals surface area contributed by atoms with Crippen molar-refractivity contribution >= 4 is 23.2 Å². The number of hydrogen-bond acceptors (Lipinski definition) is 5. The highest BCUT2D eigenvalue weighted by molar-refractivity contribution is 6.31. The van der Waals surface area contributed by atoms with E-state index in [4.69, 9.17) is 21.1 Å². The van der Waals surface area contributed by atoms with E-state index >= 15 is 0 Å². The number of nitrogens with one attached hydrogen (secondary N) is 2. The Kier molecular flexibility index (Phi) is 6.04. The minimum absolute atomic E-state index is 0.0720. The van der Waals surface area contributed by atoms with Crippen molar-refractivity contribution in [2.24, 2.45) is 0 Å². The molecule has 0 saturated heterocycles. The number of ether oxygens (including phenoxy) is 2. The molecule has 1 aromatic heterocycles. The van der Waals surface area contributed by atoms with Crippen LogP contribution in [0.1, 0.15) is 15.9 Å². The van der Waals surface area contributed by atoms with E-state index in [0.717, 1.165) is 10.8 Å². The second-order valence-corrected chi connectivity index (χ2v) is 6.42. The Morgan fingerprint density at radius 1 is 1.14 bits per heavy atom. The first-order valence-electron chi connectivity index (χ1n) is 8.54. The van der Waals surface area contributed by atoms with Crippen LogP contribution in [0.25, 0.3) is 0 Å². The number of carbonyl (C=O) groups excluding carboxylic acids is 1. The molecule has 0 aliphatic rings. The Morgan fingerprint density at radius 3 is 2.59 bits per heavy atom. The molecule has 0 radical (unpaired) electrons. The van der Waals surface area contributed by atoms with Crippen molar-refractivity contribution in [3.63, 3.8) is 0 Å². The molecule has 0 spiro atoms. The van der Waals surface area contributed by atoms with Crippen molar-refractivity contribution in [3.05, 3.63) is 85.6 Å². The van der Waals surface area contributed by atoms with Crippen molar-refractivity contribution in [1.82, 2.24) is 9.55 Å². The number of halogens is 1. The predicted molar refractivity (Wildman–Crippen MR) is 109 cm³/mol. The van der Waals surface area contributed by atoms with E-state index in [9.17, 15) is 14.4 Å².